The summed E-state index contributed by atoms with van der Waals surface area (Å²) in [4.78, 5) is 37.7. The van der Waals surface area contributed by atoms with Crippen molar-refractivity contribution < 1.29 is 42.9 Å². The number of quaternary nitrogens is 1. The number of hydrogen-bond donors (Lipinski definition) is 1. The molecule has 86 heavy (non-hydrogen) atoms. The van der Waals surface area contributed by atoms with Crippen molar-refractivity contribution in [2.24, 2.45) is 0 Å². The zero-order valence-corrected chi connectivity index (χ0v) is 58.8. The van der Waals surface area contributed by atoms with E-state index in [1.807, 2.05) is 21.1 Å². The molecule has 0 rings (SSSR count). The van der Waals surface area contributed by atoms with Crippen LogP contribution >= 0.6 is 0 Å². The summed E-state index contributed by atoms with van der Waals surface area (Å²) in [6.07, 6.45) is 81.2. The zero-order valence-electron chi connectivity index (χ0n) is 58.8. The number of carboxylic acids is 1. The molecule has 2 atom stereocenters. The number of carboxylic acid groups (broad SMARTS) is 1. The number of nitrogens with zero attached hydrogens (tertiary/aromatic N) is 1. The van der Waals surface area contributed by atoms with Crippen LogP contribution in [0.3, 0.4) is 0 Å². The maximum atomic E-state index is 13.0. The van der Waals surface area contributed by atoms with Crippen LogP contribution in [0.1, 0.15) is 418 Å². The van der Waals surface area contributed by atoms with E-state index in [0.29, 0.717) is 17.4 Å². The normalized spacial score (nSPS) is 12.5. The fourth-order valence-electron chi connectivity index (χ4n) is 12.2. The molecule has 0 aromatic heterocycles. The van der Waals surface area contributed by atoms with E-state index >= 15 is 0 Å². The number of unbranched alkanes of at least 4 members (excludes halogenated alkanes) is 59. The Balaban J connectivity index is 3.93. The van der Waals surface area contributed by atoms with Crippen molar-refractivity contribution in [2.75, 3.05) is 47.5 Å². The molecule has 0 saturated carbocycles. The highest BCUT2D eigenvalue weighted by Gasteiger charge is 2.25. The zero-order chi connectivity index (χ0) is 62.6. The first-order valence-electron chi connectivity index (χ1n) is 38.7. The van der Waals surface area contributed by atoms with Gasteiger partial charge in [0.15, 0.2) is 6.10 Å². The highest BCUT2D eigenvalue weighted by Crippen LogP contribution is 2.20. The van der Waals surface area contributed by atoms with Gasteiger partial charge in [0.2, 0.25) is 0 Å². The Morgan fingerprint density at radius 2 is 0.523 bits per heavy atom. The number of hydrogen-bond acceptors (Lipinski definition) is 7. The van der Waals surface area contributed by atoms with Crippen LogP contribution in [0.25, 0.3) is 0 Å². The lowest BCUT2D eigenvalue weighted by atomic mass is 10.0. The third-order valence-electron chi connectivity index (χ3n) is 18.1. The number of likely N-dealkylation sites (N-methyl/N-ethyl adjacent to an activating group) is 1. The lowest BCUT2D eigenvalue weighted by Gasteiger charge is -2.25. The fourth-order valence-corrected chi connectivity index (χ4v) is 12.2. The van der Waals surface area contributed by atoms with Gasteiger partial charge in [-0.2, -0.15) is 0 Å². The maximum Gasteiger partial charge on any atom is 0.361 e. The van der Waals surface area contributed by atoms with Crippen LogP contribution in [0.4, 0.5) is 0 Å². The lowest BCUT2D eigenvalue weighted by Crippen LogP contribution is -2.40. The minimum absolute atomic E-state index is 0.172. The number of ether oxygens (including phenoxy) is 4. The molecule has 0 aliphatic rings. The van der Waals surface area contributed by atoms with Crippen molar-refractivity contribution in [2.45, 2.75) is 431 Å². The Morgan fingerprint density at radius 3 is 0.744 bits per heavy atom. The van der Waals surface area contributed by atoms with Crippen molar-refractivity contribution in [3.63, 3.8) is 0 Å². The molecule has 0 radical (unpaired) electrons. The Labute approximate surface area is 536 Å². The number of carbonyl (C=O) groups excluding carboxylic acids is 2. The number of aliphatic carboxylic acids is 1. The van der Waals surface area contributed by atoms with Crippen LogP contribution in [-0.4, -0.2) is 87.4 Å². The average Bonchev–Trinajstić information content (AvgIpc) is 3.63. The molecule has 9 heteroatoms. The molecule has 0 saturated heterocycles. The Kier molecular flexibility index (Phi) is 67.8. The van der Waals surface area contributed by atoms with Gasteiger partial charge in [-0.15, -0.1) is 0 Å². The Morgan fingerprint density at radius 1 is 0.302 bits per heavy atom. The molecule has 0 aliphatic carbocycles. The second kappa shape index (κ2) is 69.2. The first-order valence-corrected chi connectivity index (χ1v) is 38.7. The lowest BCUT2D eigenvalue weighted by molar-refractivity contribution is -0.870. The molecule has 0 aliphatic heterocycles. The van der Waals surface area contributed by atoms with Gasteiger partial charge in [-0.25, -0.2) is 4.79 Å². The first-order chi connectivity index (χ1) is 42.1. The van der Waals surface area contributed by atoms with Crippen LogP contribution in [0.5, 0.6) is 0 Å². The number of esters is 2. The predicted octanol–water partition coefficient (Wildman–Crippen LogP) is 24.2. The molecule has 512 valence electrons. The minimum Gasteiger partial charge on any atom is -0.477 e. The second-order valence-electron chi connectivity index (χ2n) is 28.0. The van der Waals surface area contributed by atoms with Crippen molar-refractivity contribution in [1.82, 2.24) is 0 Å². The molecule has 1 N–H and O–H groups in total. The third kappa shape index (κ3) is 69.8. The molecule has 0 amide bonds. The van der Waals surface area contributed by atoms with Gasteiger partial charge in [-0.3, -0.25) is 9.59 Å². The van der Waals surface area contributed by atoms with Crippen LogP contribution in [0.2, 0.25) is 0 Å². The number of rotatable bonds is 74. The predicted molar refractivity (Wildman–Crippen MR) is 369 cm³/mol. The van der Waals surface area contributed by atoms with Crippen molar-refractivity contribution in [3.05, 3.63) is 0 Å². The molecule has 0 aromatic carbocycles. The van der Waals surface area contributed by atoms with Crippen molar-refractivity contribution in [3.8, 4) is 0 Å². The molecular weight excluding hydrogens is 1070 g/mol. The largest absolute Gasteiger partial charge is 0.477 e. The van der Waals surface area contributed by atoms with Gasteiger partial charge in [0, 0.05) is 12.8 Å². The standard InChI is InChI=1S/C77H151NO8/c1-6-8-10-12-14-16-18-20-22-24-26-28-30-31-32-33-34-35-36-37-38-39-40-41-42-43-44-46-48-50-52-54-56-58-60-62-64-66-68-75(80)86-73(72-85-77(76(81)82)83-70-69-78(3,4)5)71-84-74(79)67-65-63-61-59-57-55-53-51-49-47-45-29-27-25-23-21-19-17-15-13-11-9-7-2/h73,77H,6-72H2,1-5H3/p+1. The molecule has 0 aromatic rings. The molecule has 9 nitrogen and oxygen atoms in total. The SMILES string of the molecule is CCCCCCCCCCCCCCCCCCCCCCCCCCCCCCCCCCCCCCCCC(=O)OC(COC(=O)CCCCCCCCCCCCCCCCCCCCCCCCC)COC(OCC[N+](C)(C)C)C(=O)O. The average molecular weight is 1220 g/mol. The summed E-state index contributed by atoms with van der Waals surface area (Å²) in [6, 6.07) is 0. The van der Waals surface area contributed by atoms with Gasteiger partial charge in [0.1, 0.15) is 13.2 Å². The first kappa shape index (κ1) is 84.3. The maximum absolute atomic E-state index is 13.0. The van der Waals surface area contributed by atoms with Gasteiger partial charge in [-0.1, -0.05) is 393 Å². The molecular formula is C77H152NO8+. The summed E-state index contributed by atoms with van der Waals surface area (Å²) >= 11 is 0. The fraction of sp³-hybridized carbons (Fsp3) is 0.961. The minimum atomic E-state index is -1.50. The quantitative estimate of drug-likeness (QED) is 0.0278. The van der Waals surface area contributed by atoms with Crippen LogP contribution in [-0.2, 0) is 33.3 Å². The number of carbonyl (C=O) groups is 3. The summed E-state index contributed by atoms with van der Waals surface area (Å²) in [5.74, 6) is -1.96. The van der Waals surface area contributed by atoms with E-state index < -0.39 is 18.4 Å². The van der Waals surface area contributed by atoms with Crippen molar-refractivity contribution in [1.29, 1.82) is 0 Å². The topological polar surface area (TPSA) is 108 Å². The summed E-state index contributed by atoms with van der Waals surface area (Å²) in [5.41, 5.74) is 0. The Hall–Kier alpha value is -1.71. The van der Waals surface area contributed by atoms with Crippen LogP contribution < -0.4 is 0 Å². The van der Waals surface area contributed by atoms with Gasteiger partial charge in [-0.05, 0) is 12.8 Å². The van der Waals surface area contributed by atoms with Gasteiger partial charge in [0.05, 0.1) is 34.4 Å². The smallest absolute Gasteiger partial charge is 0.361 e. The third-order valence-corrected chi connectivity index (χ3v) is 18.1. The van der Waals surface area contributed by atoms with E-state index in [1.165, 1.54) is 353 Å². The van der Waals surface area contributed by atoms with E-state index in [-0.39, 0.29) is 38.2 Å². The Bertz CT molecular complexity index is 1370. The van der Waals surface area contributed by atoms with E-state index in [2.05, 4.69) is 13.8 Å². The van der Waals surface area contributed by atoms with E-state index in [4.69, 9.17) is 18.9 Å². The van der Waals surface area contributed by atoms with E-state index in [0.717, 1.165) is 38.5 Å². The van der Waals surface area contributed by atoms with Gasteiger partial charge < -0.3 is 28.5 Å². The summed E-state index contributed by atoms with van der Waals surface area (Å²) in [7, 11) is 6.00. The molecule has 0 fully saturated rings. The van der Waals surface area contributed by atoms with E-state index in [1.54, 1.807) is 0 Å². The summed E-state index contributed by atoms with van der Waals surface area (Å²) in [6.45, 7) is 4.98. The van der Waals surface area contributed by atoms with Crippen LogP contribution in [0.15, 0.2) is 0 Å². The molecule has 2 unspecified atom stereocenters. The highest BCUT2D eigenvalue weighted by molar-refractivity contribution is 5.71. The summed E-state index contributed by atoms with van der Waals surface area (Å²) in [5, 5.41) is 9.76. The molecule has 0 heterocycles. The summed E-state index contributed by atoms with van der Waals surface area (Å²) < 4.78 is 23.0. The molecule has 0 bridgehead atoms. The van der Waals surface area contributed by atoms with Gasteiger partial charge >= 0.3 is 17.9 Å². The van der Waals surface area contributed by atoms with Crippen LogP contribution in [0, 0.1) is 0 Å². The highest BCUT2D eigenvalue weighted by atomic mass is 16.7. The monoisotopic (exact) mass is 1220 g/mol. The molecule has 0 spiro atoms. The second-order valence-corrected chi connectivity index (χ2v) is 28.0. The van der Waals surface area contributed by atoms with E-state index in [9.17, 15) is 19.5 Å². The van der Waals surface area contributed by atoms with Crippen molar-refractivity contribution >= 4 is 17.9 Å². The van der Waals surface area contributed by atoms with Gasteiger partial charge in [0.25, 0.3) is 6.29 Å².